The Hall–Kier alpha value is -3.87. The van der Waals surface area contributed by atoms with Crippen molar-refractivity contribution in [2.75, 3.05) is 19.8 Å². The number of rotatable bonds is 56. The molecular weight excluding hydrogens is 1130 g/mol. The Morgan fingerprint density at radius 2 is 0.767 bits per heavy atom. The topological polar surface area (TPSA) is 228 Å². The monoisotopic (exact) mass is 1260 g/mol. The normalized spacial score (nSPS) is 23.8. The Labute approximate surface area is 545 Å². The fraction of sp³-hybridized carbons (Fsp3) is 0.697. The Morgan fingerprint density at radius 1 is 0.411 bits per heavy atom. The number of aliphatic hydroxyl groups is 8. The highest BCUT2D eigenvalue weighted by Crippen LogP contribution is 2.30. The standard InChI is InChI=1S/C76H127NO13/c1-3-5-7-9-11-13-15-17-19-20-21-22-23-24-25-26-27-28-29-30-31-32-33-34-35-36-37-38-39-40-41-42-43-44-46-48-50-52-54-56-58-60-68(81)77-64(65(80)59-57-55-53-51-49-47-45-18-16-14-12-10-8-6-4-2)63-87-75-73(86)71(84)74(67(62-79)89-75)90-76-72(85)70(83)69(82)66(61-78)88-76/h5,7,11,13,17,19,21-22,24-25,27-28,30-31,33-34,36-37,39-40,42-43,64-67,69-76,78-80,82-86H,3-4,6,8-10,12,14-16,18,20,23,26,29,32,35,38,41,44-63H2,1-2H3,(H,77,81)/b7-5-,13-11-,19-17-,22-21-,25-24-,28-27-,31-30-,34-33-,37-36-,40-39-,43-42-. The number of carbonyl (C=O) groups excluding carboxylic acids is 1. The molecule has 2 saturated heterocycles. The summed E-state index contributed by atoms with van der Waals surface area (Å²) in [6, 6.07) is -0.844. The first kappa shape index (κ1) is 82.2. The quantitative estimate of drug-likeness (QED) is 0.0204. The lowest BCUT2D eigenvalue weighted by Gasteiger charge is -2.46. The second-order valence-electron chi connectivity index (χ2n) is 24.3. The summed E-state index contributed by atoms with van der Waals surface area (Å²) in [7, 11) is 0. The maximum absolute atomic E-state index is 13.3. The Balaban J connectivity index is 1.62. The summed E-state index contributed by atoms with van der Waals surface area (Å²) >= 11 is 0. The van der Waals surface area contributed by atoms with Gasteiger partial charge in [0.15, 0.2) is 12.6 Å². The van der Waals surface area contributed by atoms with Crippen molar-refractivity contribution in [1.82, 2.24) is 5.32 Å². The molecule has 0 bridgehead atoms. The van der Waals surface area contributed by atoms with Gasteiger partial charge in [0.25, 0.3) is 0 Å². The van der Waals surface area contributed by atoms with E-state index in [1.807, 2.05) is 0 Å². The van der Waals surface area contributed by atoms with Crippen molar-refractivity contribution in [3.05, 3.63) is 134 Å². The second-order valence-corrected chi connectivity index (χ2v) is 24.3. The molecule has 1 amide bonds. The number of carbonyl (C=O) groups is 1. The van der Waals surface area contributed by atoms with Crippen LogP contribution in [0.25, 0.3) is 0 Å². The molecule has 90 heavy (non-hydrogen) atoms. The zero-order valence-corrected chi connectivity index (χ0v) is 55.8. The number of ether oxygens (including phenoxy) is 4. The zero-order valence-electron chi connectivity index (χ0n) is 55.8. The Morgan fingerprint density at radius 3 is 1.18 bits per heavy atom. The average Bonchev–Trinajstić information content (AvgIpc) is 1.58. The third-order valence-electron chi connectivity index (χ3n) is 16.4. The van der Waals surface area contributed by atoms with E-state index in [0.29, 0.717) is 12.8 Å². The molecule has 0 saturated carbocycles. The van der Waals surface area contributed by atoms with Gasteiger partial charge in [0.2, 0.25) is 5.91 Å². The second kappa shape index (κ2) is 58.9. The minimum atomic E-state index is -1.79. The SMILES string of the molecule is CC/C=C\C/C=C\C/C=C\C/C=C\C/C=C\C/C=C\C/C=C\C/C=C\C/C=C\C/C=C\C/C=C\CCCCCCCCCC(=O)NC(COC1OC(CO)C(OC2OC(CO)C(O)C(O)C2O)C(O)C1O)C(O)CCCCCCCCCCCCCCCCC. The molecule has 9 N–H and O–H groups in total. The molecule has 2 fully saturated rings. The first-order valence-corrected chi connectivity index (χ1v) is 35.4. The van der Waals surface area contributed by atoms with Crippen LogP contribution in [0.1, 0.15) is 245 Å². The highest BCUT2D eigenvalue weighted by molar-refractivity contribution is 5.76. The van der Waals surface area contributed by atoms with Crippen LogP contribution in [-0.4, -0.2) is 140 Å². The fourth-order valence-electron chi connectivity index (χ4n) is 10.8. The fourth-order valence-corrected chi connectivity index (χ4v) is 10.8. The van der Waals surface area contributed by atoms with Gasteiger partial charge < -0.3 is 65.1 Å². The van der Waals surface area contributed by atoms with E-state index in [9.17, 15) is 45.6 Å². The summed E-state index contributed by atoms with van der Waals surface area (Å²) in [5.41, 5.74) is 0. The van der Waals surface area contributed by atoms with E-state index < -0.39 is 86.8 Å². The lowest BCUT2D eigenvalue weighted by Crippen LogP contribution is -2.65. The van der Waals surface area contributed by atoms with Crippen molar-refractivity contribution in [1.29, 1.82) is 0 Å². The molecule has 2 aliphatic rings. The summed E-state index contributed by atoms with van der Waals surface area (Å²) in [6.45, 7) is 2.73. The van der Waals surface area contributed by atoms with Crippen LogP contribution in [0.5, 0.6) is 0 Å². The molecule has 14 nitrogen and oxygen atoms in total. The third-order valence-corrected chi connectivity index (χ3v) is 16.4. The van der Waals surface area contributed by atoms with Gasteiger partial charge in [-0.3, -0.25) is 4.79 Å². The minimum absolute atomic E-state index is 0.222. The Kier molecular flexibility index (Phi) is 53.8. The smallest absolute Gasteiger partial charge is 0.220 e. The van der Waals surface area contributed by atoms with Gasteiger partial charge in [-0.15, -0.1) is 0 Å². The molecular formula is C76H127NO13. The number of nitrogens with one attached hydrogen (secondary N) is 1. The van der Waals surface area contributed by atoms with Gasteiger partial charge in [-0.05, 0) is 96.3 Å². The highest BCUT2D eigenvalue weighted by Gasteiger charge is 2.51. The van der Waals surface area contributed by atoms with Gasteiger partial charge >= 0.3 is 0 Å². The van der Waals surface area contributed by atoms with Crippen molar-refractivity contribution in [2.24, 2.45) is 0 Å². The van der Waals surface area contributed by atoms with Gasteiger partial charge in [0.1, 0.15) is 48.8 Å². The Bertz CT molecular complexity index is 2020. The lowest BCUT2D eigenvalue weighted by atomic mass is 9.97. The average molecular weight is 1260 g/mol. The van der Waals surface area contributed by atoms with E-state index in [2.05, 4.69) is 153 Å². The molecule has 0 aromatic carbocycles. The number of unbranched alkanes of at least 4 members (excludes halogenated alkanes) is 21. The number of amides is 1. The van der Waals surface area contributed by atoms with E-state index in [1.54, 1.807) is 0 Å². The molecule has 0 aliphatic carbocycles. The summed E-state index contributed by atoms with van der Waals surface area (Å²) in [5, 5.41) is 87.5. The molecule has 14 heteroatoms. The van der Waals surface area contributed by atoms with E-state index >= 15 is 0 Å². The van der Waals surface area contributed by atoms with E-state index in [1.165, 1.54) is 77.0 Å². The predicted octanol–water partition coefficient (Wildman–Crippen LogP) is 14.7. The molecule has 514 valence electrons. The molecule has 0 spiro atoms. The predicted molar refractivity (Wildman–Crippen MR) is 368 cm³/mol. The van der Waals surface area contributed by atoms with Crippen molar-refractivity contribution < 1.29 is 64.6 Å². The van der Waals surface area contributed by atoms with Crippen LogP contribution in [0.4, 0.5) is 0 Å². The lowest BCUT2D eigenvalue weighted by molar-refractivity contribution is -0.359. The van der Waals surface area contributed by atoms with Crippen LogP contribution >= 0.6 is 0 Å². The van der Waals surface area contributed by atoms with Crippen LogP contribution < -0.4 is 5.32 Å². The number of hydrogen-bond acceptors (Lipinski definition) is 13. The molecule has 2 aliphatic heterocycles. The minimum Gasteiger partial charge on any atom is -0.394 e. The van der Waals surface area contributed by atoms with Crippen LogP contribution in [0.15, 0.2) is 134 Å². The summed E-state index contributed by atoms with van der Waals surface area (Å²) in [5.74, 6) is -0.222. The van der Waals surface area contributed by atoms with E-state index in [-0.39, 0.29) is 18.9 Å². The van der Waals surface area contributed by atoms with Crippen LogP contribution in [0.3, 0.4) is 0 Å². The number of aliphatic hydroxyl groups excluding tert-OH is 8. The van der Waals surface area contributed by atoms with Gasteiger partial charge in [-0.1, -0.05) is 276 Å². The molecule has 0 aromatic heterocycles. The highest BCUT2D eigenvalue weighted by atomic mass is 16.7. The van der Waals surface area contributed by atoms with Gasteiger partial charge in [-0.25, -0.2) is 0 Å². The maximum Gasteiger partial charge on any atom is 0.220 e. The first-order valence-electron chi connectivity index (χ1n) is 35.4. The van der Waals surface area contributed by atoms with E-state index in [4.69, 9.17) is 18.9 Å². The summed E-state index contributed by atoms with van der Waals surface area (Å²) < 4.78 is 22.9. The first-order chi connectivity index (χ1) is 44.1. The third kappa shape index (κ3) is 42.4. The molecule has 0 radical (unpaired) electrons. The van der Waals surface area contributed by atoms with Gasteiger partial charge in [0, 0.05) is 6.42 Å². The van der Waals surface area contributed by atoms with Gasteiger partial charge in [0.05, 0.1) is 32.0 Å². The van der Waals surface area contributed by atoms with Crippen LogP contribution in [0.2, 0.25) is 0 Å². The van der Waals surface area contributed by atoms with Crippen molar-refractivity contribution in [3.63, 3.8) is 0 Å². The largest absolute Gasteiger partial charge is 0.394 e. The number of hydrogen-bond donors (Lipinski definition) is 9. The molecule has 2 rings (SSSR count). The molecule has 2 heterocycles. The summed E-state index contributed by atoms with van der Waals surface area (Å²) in [6.07, 6.45) is 70.3. The molecule has 0 aromatic rings. The van der Waals surface area contributed by atoms with Crippen LogP contribution in [0, 0.1) is 0 Å². The molecule has 12 unspecified atom stereocenters. The van der Waals surface area contributed by atoms with Crippen molar-refractivity contribution >= 4 is 5.91 Å². The summed E-state index contributed by atoms with van der Waals surface area (Å²) in [4.78, 5) is 13.3. The maximum atomic E-state index is 13.3. The van der Waals surface area contributed by atoms with Crippen molar-refractivity contribution in [2.45, 2.75) is 319 Å². The molecule has 12 atom stereocenters. The van der Waals surface area contributed by atoms with E-state index in [0.717, 1.165) is 135 Å². The number of allylic oxidation sites excluding steroid dienone is 22. The van der Waals surface area contributed by atoms with Crippen molar-refractivity contribution in [3.8, 4) is 0 Å². The van der Waals surface area contributed by atoms with Crippen LogP contribution in [-0.2, 0) is 23.7 Å². The van der Waals surface area contributed by atoms with Gasteiger partial charge in [-0.2, -0.15) is 0 Å². The zero-order chi connectivity index (χ0) is 65.2.